The number of amides is 6. The fraction of sp³-hybridized carbons (Fsp3) is 0.444. The normalized spacial score (nSPS) is 11.7. The molecule has 0 heterocycles. The third-order valence-electron chi connectivity index (χ3n) is 7.88. The van der Waals surface area contributed by atoms with E-state index < -0.39 is 35.7 Å². The van der Waals surface area contributed by atoms with Crippen molar-refractivity contribution in [2.45, 2.75) is 91.1 Å². The first-order valence-electron chi connectivity index (χ1n) is 15.8. The summed E-state index contributed by atoms with van der Waals surface area (Å²) >= 11 is 0. The molecule has 260 valence electrons. The van der Waals surface area contributed by atoms with Gasteiger partial charge in [0.25, 0.3) is 11.8 Å². The Kier molecular flexibility index (Phi) is 17.3. The van der Waals surface area contributed by atoms with Crippen molar-refractivity contribution in [1.82, 2.24) is 20.4 Å². The van der Waals surface area contributed by atoms with Crippen LogP contribution < -0.4 is 10.6 Å². The van der Waals surface area contributed by atoms with Gasteiger partial charge in [-0.15, -0.1) is 0 Å². The Hall–Kier alpha value is -5.00. The molecule has 0 saturated heterocycles. The summed E-state index contributed by atoms with van der Waals surface area (Å²) in [6.07, 6.45) is 2.40. The Bertz CT molecular complexity index is 1470. The van der Waals surface area contributed by atoms with Crippen LogP contribution in [0, 0.1) is 13.8 Å². The number of carbonyl (C=O) groups excluding carboxylic acids is 8. The molecule has 2 aromatic carbocycles. The molecule has 0 aliphatic rings. The number of imide groups is 2. The minimum absolute atomic E-state index is 0.0838. The number of likely N-dealkylation sites (N-methyl/N-ethyl adjacent to an activating group) is 2. The Morgan fingerprint density at radius 2 is 1.19 bits per heavy atom. The molecule has 12 nitrogen and oxygen atoms in total. The van der Waals surface area contributed by atoms with Crippen molar-refractivity contribution in [3.8, 4) is 0 Å². The average molecular weight is 665 g/mol. The van der Waals surface area contributed by atoms with Gasteiger partial charge in [0.05, 0.1) is 0 Å². The van der Waals surface area contributed by atoms with Crippen molar-refractivity contribution in [3.05, 3.63) is 69.8 Å². The van der Waals surface area contributed by atoms with Gasteiger partial charge in [-0.2, -0.15) is 0 Å². The quantitative estimate of drug-likeness (QED) is 0.257. The van der Waals surface area contributed by atoms with E-state index in [0.29, 0.717) is 36.5 Å². The van der Waals surface area contributed by atoms with Crippen LogP contribution in [0.4, 0.5) is 0 Å². The molecular formula is C36H48N4O8. The minimum atomic E-state index is -1.01. The van der Waals surface area contributed by atoms with E-state index in [0.717, 1.165) is 32.1 Å². The molecule has 2 unspecified atom stereocenters. The zero-order valence-electron chi connectivity index (χ0n) is 29.1. The summed E-state index contributed by atoms with van der Waals surface area (Å²) in [4.78, 5) is 96.0. The molecule has 0 aliphatic carbocycles. The first-order valence-corrected chi connectivity index (χ1v) is 15.8. The highest BCUT2D eigenvalue weighted by Crippen LogP contribution is 2.25. The fourth-order valence-electron chi connectivity index (χ4n) is 5.06. The smallest absolute Gasteiger partial charge is 0.261 e. The van der Waals surface area contributed by atoms with Gasteiger partial charge in [-0.3, -0.25) is 38.6 Å². The highest BCUT2D eigenvalue weighted by Gasteiger charge is 2.32. The van der Waals surface area contributed by atoms with Crippen LogP contribution in [0.3, 0.4) is 0 Å². The molecule has 0 fully saturated rings. The summed E-state index contributed by atoms with van der Waals surface area (Å²) in [5.41, 5.74) is 4.07. The molecule has 0 bridgehead atoms. The minimum Gasteiger partial charge on any atom is -0.357 e. The van der Waals surface area contributed by atoms with Crippen molar-refractivity contribution >= 4 is 49.0 Å². The number of nitrogens with one attached hydrogen (secondary N) is 2. The molecule has 0 aromatic heterocycles. The first kappa shape index (κ1) is 41.0. The molecule has 0 radical (unpaired) electrons. The van der Waals surface area contributed by atoms with E-state index >= 15 is 0 Å². The number of rotatable bonds is 16. The third kappa shape index (κ3) is 10.8. The number of benzene rings is 2. The monoisotopic (exact) mass is 664 g/mol. The summed E-state index contributed by atoms with van der Waals surface area (Å²) in [7, 11) is 2.85. The zero-order valence-corrected chi connectivity index (χ0v) is 29.1. The topological polar surface area (TPSA) is 167 Å². The Morgan fingerprint density at radius 1 is 0.688 bits per heavy atom. The van der Waals surface area contributed by atoms with Gasteiger partial charge in [0.2, 0.25) is 24.6 Å². The van der Waals surface area contributed by atoms with E-state index in [1.807, 2.05) is 52.0 Å². The molecule has 2 rings (SSSR count). The third-order valence-corrected chi connectivity index (χ3v) is 7.88. The SMILES string of the molecule is CNC(=O)C(CCC=O)N(C=O)C(=O)c1c(C)cccc1C(C)C.CNC(=O)C(CCC=O)N(C=O)C(=O)c1cc(C(C)C)ccc1C. The van der Waals surface area contributed by atoms with Gasteiger partial charge in [-0.05, 0) is 66.8 Å². The number of aryl methyl sites for hydroxylation is 2. The molecule has 0 saturated carbocycles. The van der Waals surface area contributed by atoms with Crippen LogP contribution in [0.2, 0.25) is 0 Å². The number of nitrogens with zero attached hydrogens (tertiary/aromatic N) is 2. The van der Waals surface area contributed by atoms with Gasteiger partial charge in [-0.25, -0.2) is 0 Å². The molecule has 2 N–H and O–H groups in total. The second-order valence-corrected chi connectivity index (χ2v) is 11.8. The van der Waals surface area contributed by atoms with Crippen molar-refractivity contribution < 1.29 is 38.4 Å². The van der Waals surface area contributed by atoms with E-state index in [-0.39, 0.29) is 37.5 Å². The Labute approximate surface area is 282 Å². The van der Waals surface area contributed by atoms with E-state index in [1.54, 1.807) is 26.0 Å². The number of hydrogen-bond acceptors (Lipinski definition) is 8. The fourth-order valence-corrected chi connectivity index (χ4v) is 5.06. The largest absolute Gasteiger partial charge is 0.357 e. The molecule has 2 atom stereocenters. The number of aldehydes is 2. The highest BCUT2D eigenvalue weighted by molar-refractivity contribution is 6.05. The van der Waals surface area contributed by atoms with Crippen molar-refractivity contribution in [2.75, 3.05) is 14.1 Å². The van der Waals surface area contributed by atoms with Crippen LogP contribution in [0.5, 0.6) is 0 Å². The maximum atomic E-state index is 13.0. The molecule has 0 aliphatic heterocycles. The predicted octanol–water partition coefficient (Wildman–Crippen LogP) is 3.62. The molecule has 2 aromatic rings. The van der Waals surface area contributed by atoms with E-state index in [2.05, 4.69) is 10.6 Å². The lowest BCUT2D eigenvalue weighted by atomic mass is 9.92. The second-order valence-electron chi connectivity index (χ2n) is 11.8. The summed E-state index contributed by atoms with van der Waals surface area (Å²) in [6.45, 7) is 11.5. The zero-order chi connectivity index (χ0) is 36.6. The van der Waals surface area contributed by atoms with Gasteiger partial charge < -0.3 is 20.2 Å². The molecular weight excluding hydrogens is 616 g/mol. The molecule has 12 heteroatoms. The van der Waals surface area contributed by atoms with Crippen molar-refractivity contribution in [1.29, 1.82) is 0 Å². The number of carbonyl (C=O) groups is 8. The van der Waals surface area contributed by atoms with E-state index in [4.69, 9.17) is 0 Å². The van der Waals surface area contributed by atoms with Crippen LogP contribution in [-0.4, -0.2) is 85.0 Å². The molecule has 48 heavy (non-hydrogen) atoms. The predicted molar refractivity (Wildman–Crippen MR) is 181 cm³/mol. The summed E-state index contributed by atoms with van der Waals surface area (Å²) in [5.74, 6) is -1.69. The first-order chi connectivity index (χ1) is 22.7. The van der Waals surface area contributed by atoms with Gasteiger partial charge in [-0.1, -0.05) is 58.0 Å². The standard InChI is InChI=1S/2C18H24N2O4/c1-12(2)14-8-5-7-13(3)16(14)18(24)20(11-22)15(9-6-10-21)17(23)19-4;1-12(2)14-8-7-13(3)15(10-14)18(24)20(11-22)16(6-5-9-21)17(23)19-4/h5,7-8,10-12,15H,6,9H2,1-4H3,(H,19,23);7-12,16H,5-6H2,1-4H3,(H,19,23). The van der Waals surface area contributed by atoms with Crippen molar-refractivity contribution in [2.24, 2.45) is 0 Å². The van der Waals surface area contributed by atoms with Crippen molar-refractivity contribution in [3.63, 3.8) is 0 Å². The Morgan fingerprint density at radius 3 is 1.60 bits per heavy atom. The van der Waals surface area contributed by atoms with Crippen LogP contribution in [-0.2, 0) is 28.8 Å². The molecule has 0 spiro atoms. The second kappa shape index (κ2) is 20.3. The lowest BCUT2D eigenvalue weighted by molar-refractivity contribution is -0.131. The molecule has 6 amide bonds. The maximum Gasteiger partial charge on any atom is 0.261 e. The Balaban J connectivity index is 0.000000480. The van der Waals surface area contributed by atoms with Gasteiger partial charge in [0, 0.05) is 38.1 Å². The summed E-state index contributed by atoms with van der Waals surface area (Å²) < 4.78 is 0. The van der Waals surface area contributed by atoms with E-state index in [1.165, 1.54) is 14.1 Å². The van der Waals surface area contributed by atoms with Gasteiger partial charge >= 0.3 is 0 Å². The maximum absolute atomic E-state index is 13.0. The highest BCUT2D eigenvalue weighted by atomic mass is 16.2. The average Bonchev–Trinajstić information content (AvgIpc) is 3.07. The van der Waals surface area contributed by atoms with Crippen LogP contribution in [0.25, 0.3) is 0 Å². The van der Waals surface area contributed by atoms with Crippen LogP contribution >= 0.6 is 0 Å². The lowest BCUT2D eigenvalue weighted by Gasteiger charge is -2.27. The van der Waals surface area contributed by atoms with Gasteiger partial charge in [0.15, 0.2) is 0 Å². The van der Waals surface area contributed by atoms with Crippen LogP contribution in [0.15, 0.2) is 36.4 Å². The summed E-state index contributed by atoms with van der Waals surface area (Å²) in [6, 6.07) is 8.99. The lowest BCUT2D eigenvalue weighted by Crippen LogP contribution is -2.48. The summed E-state index contributed by atoms with van der Waals surface area (Å²) in [5, 5.41) is 4.87. The van der Waals surface area contributed by atoms with Crippen LogP contribution in [0.1, 0.15) is 108 Å². The van der Waals surface area contributed by atoms with E-state index in [9.17, 15) is 38.4 Å². The number of hydrogen-bond donors (Lipinski definition) is 2. The van der Waals surface area contributed by atoms with Gasteiger partial charge in [0.1, 0.15) is 24.7 Å².